The SMILES string of the molecule is Brc1cccc(Oc2ccc(CCCCc3ccc(Oc4cccc(Br)c4)cc3)cc2)c1. The highest BCUT2D eigenvalue weighted by molar-refractivity contribution is 9.10. The molecular weight excluding hydrogens is 528 g/mol. The molecule has 0 atom stereocenters. The normalized spacial score (nSPS) is 10.7. The summed E-state index contributed by atoms with van der Waals surface area (Å²) in [6, 6.07) is 32.5. The van der Waals surface area contributed by atoms with Crippen molar-refractivity contribution in [1.29, 1.82) is 0 Å². The quantitative estimate of drug-likeness (QED) is 0.193. The lowest BCUT2D eigenvalue weighted by Crippen LogP contribution is -1.91. The Morgan fingerprint density at radius 2 is 0.875 bits per heavy atom. The van der Waals surface area contributed by atoms with Crippen molar-refractivity contribution in [2.75, 3.05) is 0 Å². The van der Waals surface area contributed by atoms with Crippen molar-refractivity contribution in [3.05, 3.63) is 117 Å². The van der Waals surface area contributed by atoms with Crippen molar-refractivity contribution in [2.45, 2.75) is 25.7 Å². The molecule has 4 heteroatoms. The lowest BCUT2D eigenvalue weighted by molar-refractivity contribution is 0.481. The number of rotatable bonds is 9. The molecule has 0 spiro atoms. The van der Waals surface area contributed by atoms with Crippen LogP contribution in [0.3, 0.4) is 0 Å². The van der Waals surface area contributed by atoms with Gasteiger partial charge in [-0.05, 0) is 97.5 Å². The fourth-order valence-electron chi connectivity index (χ4n) is 3.44. The van der Waals surface area contributed by atoms with Gasteiger partial charge in [0.25, 0.3) is 0 Å². The van der Waals surface area contributed by atoms with Crippen LogP contribution in [0.25, 0.3) is 0 Å². The Bertz CT molecular complexity index is 1050. The molecule has 162 valence electrons. The summed E-state index contributed by atoms with van der Waals surface area (Å²) in [5, 5.41) is 0. The maximum atomic E-state index is 5.91. The third kappa shape index (κ3) is 6.98. The Kier molecular flexibility index (Phi) is 8.02. The second kappa shape index (κ2) is 11.3. The second-order valence-electron chi connectivity index (χ2n) is 7.61. The van der Waals surface area contributed by atoms with Crippen LogP contribution in [0.15, 0.2) is 106 Å². The van der Waals surface area contributed by atoms with Crippen LogP contribution in [0.2, 0.25) is 0 Å². The van der Waals surface area contributed by atoms with E-state index in [0.29, 0.717) is 0 Å². The summed E-state index contributed by atoms with van der Waals surface area (Å²) in [4.78, 5) is 0. The first-order chi connectivity index (χ1) is 15.6. The largest absolute Gasteiger partial charge is 0.457 e. The average Bonchev–Trinajstić information content (AvgIpc) is 2.79. The molecule has 2 nitrogen and oxygen atoms in total. The Balaban J connectivity index is 1.20. The molecular formula is C28H24Br2O2. The van der Waals surface area contributed by atoms with Crippen LogP contribution in [0.5, 0.6) is 23.0 Å². The number of aryl methyl sites for hydroxylation is 2. The molecule has 0 heterocycles. The van der Waals surface area contributed by atoms with E-state index in [4.69, 9.17) is 9.47 Å². The van der Waals surface area contributed by atoms with Crippen LogP contribution < -0.4 is 9.47 Å². The van der Waals surface area contributed by atoms with Crippen molar-refractivity contribution < 1.29 is 9.47 Å². The van der Waals surface area contributed by atoms with Gasteiger partial charge in [-0.1, -0.05) is 68.3 Å². The highest BCUT2D eigenvalue weighted by Gasteiger charge is 2.02. The highest BCUT2D eigenvalue weighted by atomic mass is 79.9. The molecule has 0 saturated heterocycles. The molecule has 0 aliphatic heterocycles. The molecule has 0 radical (unpaired) electrons. The lowest BCUT2D eigenvalue weighted by atomic mass is 10.0. The van der Waals surface area contributed by atoms with Gasteiger partial charge in [0.05, 0.1) is 0 Å². The van der Waals surface area contributed by atoms with Gasteiger partial charge in [0.1, 0.15) is 23.0 Å². The topological polar surface area (TPSA) is 18.5 Å². The van der Waals surface area contributed by atoms with E-state index >= 15 is 0 Å². The third-order valence-corrected chi connectivity index (χ3v) is 6.08. The summed E-state index contributed by atoms with van der Waals surface area (Å²) < 4.78 is 13.8. The van der Waals surface area contributed by atoms with Crippen molar-refractivity contribution >= 4 is 31.9 Å². The van der Waals surface area contributed by atoms with Gasteiger partial charge in [0.15, 0.2) is 0 Å². The van der Waals surface area contributed by atoms with Crippen LogP contribution in [-0.4, -0.2) is 0 Å². The summed E-state index contributed by atoms with van der Waals surface area (Å²) >= 11 is 6.94. The second-order valence-corrected chi connectivity index (χ2v) is 9.45. The smallest absolute Gasteiger partial charge is 0.128 e. The zero-order valence-corrected chi connectivity index (χ0v) is 20.8. The molecule has 0 fully saturated rings. The maximum Gasteiger partial charge on any atom is 0.128 e. The fraction of sp³-hybridized carbons (Fsp3) is 0.143. The monoisotopic (exact) mass is 550 g/mol. The molecule has 0 unspecified atom stereocenters. The molecule has 0 N–H and O–H groups in total. The van der Waals surface area contributed by atoms with Crippen LogP contribution in [-0.2, 0) is 12.8 Å². The average molecular weight is 552 g/mol. The Morgan fingerprint density at radius 1 is 0.469 bits per heavy atom. The lowest BCUT2D eigenvalue weighted by Gasteiger charge is -2.08. The number of halogens is 2. The van der Waals surface area contributed by atoms with E-state index in [-0.39, 0.29) is 0 Å². The fourth-order valence-corrected chi connectivity index (χ4v) is 4.20. The Hall–Kier alpha value is -2.56. The van der Waals surface area contributed by atoms with Gasteiger partial charge in [-0.15, -0.1) is 0 Å². The van der Waals surface area contributed by atoms with E-state index in [9.17, 15) is 0 Å². The van der Waals surface area contributed by atoms with Gasteiger partial charge in [-0.3, -0.25) is 0 Å². The standard InChI is InChI=1S/C28H24Br2O2/c29-23-7-3-9-27(19-23)31-25-15-11-21(12-16-25)5-1-2-6-22-13-17-26(18-14-22)32-28-10-4-8-24(30)20-28/h3-4,7-20H,1-2,5-6H2. The molecule has 4 rings (SSSR count). The maximum absolute atomic E-state index is 5.91. The first-order valence-electron chi connectivity index (χ1n) is 10.7. The third-order valence-electron chi connectivity index (χ3n) is 5.09. The Labute approximate surface area is 206 Å². The first-order valence-corrected chi connectivity index (χ1v) is 12.3. The van der Waals surface area contributed by atoms with Crippen molar-refractivity contribution in [3.8, 4) is 23.0 Å². The van der Waals surface area contributed by atoms with E-state index in [1.807, 2.05) is 72.8 Å². The zero-order chi connectivity index (χ0) is 22.2. The summed E-state index contributed by atoms with van der Waals surface area (Å²) in [7, 11) is 0. The van der Waals surface area contributed by atoms with Gasteiger partial charge < -0.3 is 9.47 Å². The van der Waals surface area contributed by atoms with Gasteiger partial charge in [0.2, 0.25) is 0 Å². The van der Waals surface area contributed by atoms with E-state index < -0.39 is 0 Å². The number of ether oxygens (including phenoxy) is 2. The minimum Gasteiger partial charge on any atom is -0.457 e. The summed E-state index contributed by atoms with van der Waals surface area (Å²) in [6.45, 7) is 0. The summed E-state index contributed by atoms with van der Waals surface area (Å²) in [5.74, 6) is 3.38. The minimum atomic E-state index is 0.834. The van der Waals surface area contributed by atoms with Gasteiger partial charge in [-0.25, -0.2) is 0 Å². The van der Waals surface area contributed by atoms with E-state index in [0.717, 1.165) is 57.6 Å². The number of unbranched alkanes of at least 4 members (excludes halogenated alkanes) is 1. The van der Waals surface area contributed by atoms with E-state index in [2.05, 4.69) is 56.1 Å². The van der Waals surface area contributed by atoms with Crippen LogP contribution >= 0.6 is 31.9 Å². The van der Waals surface area contributed by atoms with Crippen molar-refractivity contribution in [3.63, 3.8) is 0 Å². The predicted molar refractivity (Wildman–Crippen MR) is 138 cm³/mol. The number of hydrogen-bond donors (Lipinski definition) is 0. The Morgan fingerprint density at radius 3 is 1.25 bits per heavy atom. The minimum absolute atomic E-state index is 0.834. The number of benzene rings is 4. The van der Waals surface area contributed by atoms with Gasteiger partial charge >= 0.3 is 0 Å². The van der Waals surface area contributed by atoms with Gasteiger partial charge in [-0.2, -0.15) is 0 Å². The summed E-state index contributed by atoms with van der Waals surface area (Å²) in [5.41, 5.74) is 2.67. The molecule has 0 saturated carbocycles. The molecule has 4 aromatic carbocycles. The molecule has 0 aromatic heterocycles. The van der Waals surface area contributed by atoms with E-state index in [1.165, 1.54) is 11.1 Å². The molecule has 4 aromatic rings. The predicted octanol–water partition coefficient (Wildman–Crippen LogP) is 9.36. The van der Waals surface area contributed by atoms with E-state index in [1.54, 1.807) is 0 Å². The molecule has 0 aliphatic rings. The van der Waals surface area contributed by atoms with Crippen LogP contribution in [0.1, 0.15) is 24.0 Å². The molecule has 0 bridgehead atoms. The molecule has 32 heavy (non-hydrogen) atoms. The number of hydrogen-bond acceptors (Lipinski definition) is 2. The van der Waals surface area contributed by atoms with Crippen LogP contribution in [0.4, 0.5) is 0 Å². The van der Waals surface area contributed by atoms with Crippen molar-refractivity contribution in [1.82, 2.24) is 0 Å². The zero-order valence-electron chi connectivity index (χ0n) is 17.6. The van der Waals surface area contributed by atoms with Gasteiger partial charge in [0, 0.05) is 8.95 Å². The molecule has 0 aliphatic carbocycles. The van der Waals surface area contributed by atoms with Crippen molar-refractivity contribution in [2.24, 2.45) is 0 Å². The molecule has 0 amide bonds. The first kappa shape index (κ1) is 22.6. The highest BCUT2D eigenvalue weighted by Crippen LogP contribution is 2.26. The van der Waals surface area contributed by atoms with Crippen LogP contribution in [0, 0.1) is 0 Å². The summed E-state index contributed by atoms with van der Waals surface area (Å²) in [6.07, 6.45) is 4.45.